The topological polar surface area (TPSA) is 78.7 Å². The second-order valence-corrected chi connectivity index (χ2v) is 7.00. The summed E-state index contributed by atoms with van der Waals surface area (Å²) in [4.78, 5) is 31.3. The summed E-state index contributed by atoms with van der Waals surface area (Å²) < 4.78 is 1.93. The molecule has 28 heavy (non-hydrogen) atoms. The highest BCUT2D eigenvalue weighted by molar-refractivity contribution is 5.90. The summed E-state index contributed by atoms with van der Waals surface area (Å²) in [6.07, 6.45) is 5.44. The number of piperidine rings is 1. The van der Waals surface area contributed by atoms with Crippen molar-refractivity contribution in [2.24, 2.45) is 5.92 Å². The number of para-hydroxylation sites is 1. The van der Waals surface area contributed by atoms with Crippen LogP contribution in [0.15, 0.2) is 60.9 Å². The molecule has 1 saturated heterocycles. The number of carbonyl (C=O) groups is 2. The lowest BCUT2D eigenvalue weighted by Crippen LogP contribution is -2.46. The Bertz CT molecular complexity index is 936. The SMILES string of the molecule is O=C(NCc1cn2ccccc2n1)[C@H]1CCCN(C(=O)Nc2ccccc2)C1. The molecule has 3 heterocycles. The number of carbonyl (C=O) groups excluding carboxylic acids is 2. The van der Waals surface area contributed by atoms with Crippen LogP contribution in [-0.4, -0.2) is 39.3 Å². The van der Waals surface area contributed by atoms with Crippen LogP contribution in [0.1, 0.15) is 18.5 Å². The monoisotopic (exact) mass is 377 g/mol. The number of urea groups is 1. The van der Waals surface area contributed by atoms with Gasteiger partial charge in [-0.05, 0) is 37.1 Å². The van der Waals surface area contributed by atoms with E-state index in [4.69, 9.17) is 0 Å². The largest absolute Gasteiger partial charge is 0.350 e. The zero-order valence-electron chi connectivity index (χ0n) is 15.5. The Balaban J connectivity index is 1.32. The van der Waals surface area contributed by atoms with Gasteiger partial charge in [-0.25, -0.2) is 9.78 Å². The fourth-order valence-corrected chi connectivity index (χ4v) is 3.49. The van der Waals surface area contributed by atoms with Gasteiger partial charge < -0.3 is 19.9 Å². The molecule has 0 bridgehead atoms. The summed E-state index contributed by atoms with van der Waals surface area (Å²) in [5, 5.41) is 5.85. The molecule has 0 unspecified atom stereocenters. The summed E-state index contributed by atoms with van der Waals surface area (Å²) >= 11 is 0. The predicted octanol–water partition coefficient (Wildman–Crippen LogP) is 2.89. The summed E-state index contributed by atoms with van der Waals surface area (Å²) in [6, 6.07) is 15.0. The van der Waals surface area contributed by atoms with Gasteiger partial charge in [0.05, 0.1) is 18.2 Å². The molecule has 1 aromatic carbocycles. The number of pyridine rings is 1. The number of fused-ring (bicyclic) bond motifs is 1. The van der Waals surface area contributed by atoms with Crippen molar-refractivity contribution in [2.45, 2.75) is 19.4 Å². The normalized spacial score (nSPS) is 16.7. The van der Waals surface area contributed by atoms with Crippen LogP contribution in [0.5, 0.6) is 0 Å². The number of nitrogens with zero attached hydrogens (tertiary/aromatic N) is 3. The molecule has 1 atom stereocenters. The molecule has 1 aliphatic heterocycles. The van der Waals surface area contributed by atoms with E-state index in [1.165, 1.54) is 0 Å². The van der Waals surface area contributed by atoms with E-state index < -0.39 is 0 Å². The van der Waals surface area contributed by atoms with Crippen LogP contribution in [0.2, 0.25) is 0 Å². The molecule has 0 saturated carbocycles. The lowest BCUT2D eigenvalue weighted by molar-refractivity contribution is -0.126. The molecule has 3 amide bonds. The van der Waals surface area contributed by atoms with E-state index in [-0.39, 0.29) is 17.9 Å². The maximum absolute atomic E-state index is 12.6. The van der Waals surface area contributed by atoms with Gasteiger partial charge in [-0.1, -0.05) is 24.3 Å². The number of hydrogen-bond acceptors (Lipinski definition) is 3. The number of benzene rings is 1. The molecule has 0 radical (unpaired) electrons. The third kappa shape index (κ3) is 4.14. The lowest BCUT2D eigenvalue weighted by Gasteiger charge is -2.32. The van der Waals surface area contributed by atoms with E-state index in [9.17, 15) is 9.59 Å². The average Bonchev–Trinajstić information content (AvgIpc) is 3.16. The Labute approximate surface area is 163 Å². The molecule has 7 nitrogen and oxygen atoms in total. The number of amides is 3. The van der Waals surface area contributed by atoms with Crippen LogP contribution in [0.25, 0.3) is 5.65 Å². The fourth-order valence-electron chi connectivity index (χ4n) is 3.49. The van der Waals surface area contributed by atoms with E-state index in [1.54, 1.807) is 4.90 Å². The Morgan fingerprint density at radius 1 is 1.11 bits per heavy atom. The molecular formula is C21H23N5O2. The number of imidazole rings is 1. The number of likely N-dealkylation sites (tertiary alicyclic amines) is 1. The number of rotatable bonds is 4. The number of nitrogens with one attached hydrogen (secondary N) is 2. The van der Waals surface area contributed by atoms with Crippen LogP contribution < -0.4 is 10.6 Å². The van der Waals surface area contributed by atoms with Gasteiger partial charge in [0.2, 0.25) is 5.91 Å². The minimum Gasteiger partial charge on any atom is -0.350 e. The minimum absolute atomic E-state index is 0.0331. The highest BCUT2D eigenvalue weighted by atomic mass is 16.2. The Morgan fingerprint density at radius 2 is 1.93 bits per heavy atom. The molecular weight excluding hydrogens is 354 g/mol. The zero-order chi connectivity index (χ0) is 19.3. The summed E-state index contributed by atoms with van der Waals surface area (Å²) in [5.74, 6) is -0.235. The first-order valence-corrected chi connectivity index (χ1v) is 9.50. The highest BCUT2D eigenvalue weighted by Gasteiger charge is 2.28. The first-order valence-electron chi connectivity index (χ1n) is 9.50. The van der Waals surface area contributed by atoms with E-state index >= 15 is 0 Å². The number of anilines is 1. The maximum Gasteiger partial charge on any atom is 0.321 e. The molecule has 144 valence electrons. The predicted molar refractivity (Wildman–Crippen MR) is 107 cm³/mol. The van der Waals surface area contributed by atoms with Crippen LogP contribution in [0.3, 0.4) is 0 Å². The molecule has 2 N–H and O–H groups in total. The average molecular weight is 377 g/mol. The van der Waals surface area contributed by atoms with Crippen molar-refractivity contribution >= 4 is 23.3 Å². The number of hydrogen-bond donors (Lipinski definition) is 2. The lowest BCUT2D eigenvalue weighted by atomic mass is 9.97. The van der Waals surface area contributed by atoms with Crippen molar-refractivity contribution in [3.63, 3.8) is 0 Å². The highest BCUT2D eigenvalue weighted by Crippen LogP contribution is 2.18. The molecule has 4 rings (SSSR count). The fraction of sp³-hybridized carbons (Fsp3) is 0.286. The van der Waals surface area contributed by atoms with Crippen LogP contribution in [-0.2, 0) is 11.3 Å². The Hall–Kier alpha value is -3.35. The van der Waals surface area contributed by atoms with Crippen molar-refractivity contribution in [1.29, 1.82) is 0 Å². The van der Waals surface area contributed by atoms with E-state index in [1.807, 2.05) is 65.3 Å². The summed E-state index contributed by atoms with van der Waals surface area (Å²) in [5.41, 5.74) is 2.42. The van der Waals surface area contributed by atoms with Gasteiger partial charge in [-0.2, -0.15) is 0 Å². The van der Waals surface area contributed by atoms with Crippen molar-refractivity contribution in [2.75, 3.05) is 18.4 Å². The second kappa shape index (κ2) is 8.12. The van der Waals surface area contributed by atoms with Crippen molar-refractivity contribution < 1.29 is 9.59 Å². The molecule has 1 aliphatic rings. The minimum atomic E-state index is -0.202. The molecule has 3 aromatic rings. The van der Waals surface area contributed by atoms with Gasteiger partial charge in [0.15, 0.2) is 0 Å². The molecule has 2 aromatic heterocycles. The van der Waals surface area contributed by atoms with Gasteiger partial charge in [0.25, 0.3) is 0 Å². The van der Waals surface area contributed by atoms with Gasteiger partial charge in [0.1, 0.15) is 5.65 Å². The maximum atomic E-state index is 12.6. The standard InChI is InChI=1S/C21H23N5O2/c27-20(22-13-18-15-25-11-5-4-10-19(25)23-18)16-7-6-12-26(14-16)21(28)24-17-8-2-1-3-9-17/h1-5,8-11,15-16H,6-7,12-14H2,(H,22,27)(H,24,28)/t16-/m0/s1. The molecule has 0 spiro atoms. The van der Waals surface area contributed by atoms with Crippen molar-refractivity contribution in [3.05, 3.63) is 66.6 Å². The second-order valence-electron chi connectivity index (χ2n) is 7.00. The van der Waals surface area contributed by atoms with Crippen LogP contribution in [0, 0.1) is 5.92 Å². The Morgan fingerprint density at radius 3 is 2.75 bits per heavy atom. The summed E-state index contributed by atoms with van der Waals surface area (Å²) in [6.45, 7) is 1.47. The van der Waals surface area contributed by atoms with Crippen molar-refractivity contribution in [3.8, 4) is 0 Å². The van der Waals surface area contributed by atoms with Crippen LogP contribution >= 0.6 is 0 Å². The van der Waals surface area contributed by atoms with Gasteiger partial charge >= 0.3 is 6.03 Å². The smallest absolute Gasteiger partial charge is 0.321 e. The molecule has 0 aliphatic carbocycles. The van der Waals surface area contributed by atoms with Gasteiger partial charge in [-0.3, -0.25) is 4.79 Å². The van der Waals surface area contributed by atoms with Crippen LogP contribution in [0.4, 0.5) is 10.5 Å². The zero-order valence-corrected chi connectivity index (χ0v) is 15.5. The first kappa shape index (κ1) is 18.0. The molecule has 7 heteroatoms. The van der Waals surface area contributed by atoms with Gasteiger partial charge in [-0.15, -0.1) is 0 Å². The number of aromatic nitrogens is 2. The van der Waals surface area contributed by atoms with E-state index in [0.29, 0.717) is 19.6 Å². The quantitative estimate of drug-likeness (QED) is 0.734. The summed E-state index contributed by atoms with van der Waals surface area (Å²) in [7, 11) is 0. The Kier molecular flexibility index (Phi) is 5.23. The first-order chi connectivity index (χ1) is 13.7. The van der Waals surface area contributed by atoms with Crippen molar-refractivity contribution in [1.82, 2.24) is 19.6 Å². The third-order valence-corrected chi connectivity index (χ3v) is 4.96. The van der Waals surface area contributed by atoms with E-state index in [0.717, 1.165) is 29.9 Å². The van der Waals surface area contributed by atoms with Gasteiger partial charge in [0, 0.05) is 31.2 Å². The van der Waals surface area contributed by atoms with E-state index in [2.05, 4.69) is 15.6 Å². The molecule has 1 fully saturated rings. The third-order valence-electron chi connectivity index (χ3n) is 4.96.